The summed E-state index contributed by atoms with van der Waals surface area (Å²) in [6, 6.07) is 5.28. The van der Waals surface area contributed by atoms with Crippen LogP contribution in [0.3, 0.4) is 0 Å². The topological polar surface area (TPSA) is 113 Å². The number of esters is 3. The first-order chi connectivity index (χ1) is 14.0. The average molecular weight is 463 g/mol. The Balaban J connectivity index is 3.33. The number of hydrogen-bond acceptors (Lipinski definition) is 8. The summed E-state index contributed by atoms with van der Waals surface area (Å²) in [6.45, 7) is 6.45. The van der Waals surface area contributed by atoms with Crippen molar-refractivity contribution >= 4 is 39.3 Å². The molecule has 0 saturated heterocycles. The number of sulfone groups is 1. The monoisotopic (exact) mass is 462 g/mol. The zero-order chi connectivity index (χ0) is 22.9. The molecule has 1 rings (SSSR count). The van der Waals surface area contributed by atoms with Crippen LogP contribution in [0.5, 0.6) is 0 Å². The van der Waals surface area contributed by atoms with Crippen molar-refractivity contribution in [3.8, 4) is 0 Å². The van der Waals surface area contributed by atoms with Gasteiger partial charge in [-0.25, -0.2) is 8.42 Å². The Morgan fingerprint density at radius 2 is 1.53 bits per heavy atom. The van der Waals surface area contributed by atoms with Crippen LogP contribution in [0.15, 0.2) is 29.2 Å². The lowest BCUT2D eigenvalue weighted by molar-refractivity contribution is -0.156. The Labute approximate surface area is 181 Å². The maximum atomic E-state index is 13.2. The Morgan fingerprint density at radius 1 is 0.967 bits per heavy atom. The Hall–Kier alpha value is -2.13. The Kier molecular flexibility index (Phi) is 10.3. The minimum Gasteiger partial charge on any atom is -0.466 e. The lowest BCUT2D eigenvalue weighted by atomic mass is 9.99. The minimum atomic E-state index is -4.25. The standard InChI is InChI=1S/C20H27ClO8S/c1-5-27-18(22)12-14(19(23)28-6-2)11-17(20(24)29-13(3)4)30(25,26)16-9-7-15(21)8-10-16/h7-10,13-14,17H,5-6,11-12H2,1-4H3. The van der Waals surface area contributed by atoms with Gasteiger partial charge in [0.25, 0.3) is 0 Å². The van der Waals surface area contributed by atoms with Gasteiger partial charge in [-0.2, -0.15) is 0 Å². The lowest BCUT2D eigenvalue weighted by Crippen LogP contribution is -2.38. The van der Waals surface area contributed by atoms with Gasteiger partial charge in [0.05, 0.1) is 36.6 Å². The molecule has 0 aliphatic rings. The second kappa shape index (κ2) is 11.9. The van der Waals surface area contributed by atoms with E-state index in [1.165, 1.54) is 24.3 Å². The van der Waals surface area contributed by atoms with Crippen molar-refractivity contribution in [3.63, 3.8) is 0 Å². The van der Waals surface area contributed by atoms with Gasteiger partial charge in [-0.05, 0) is 58.4 Å². The highest BCUT2D eigenvalue weighted by atomic mass is 35.5. The summed E-state index contributed by atoms with van der Waals surface area (Å²) in [4.78, 5) is 36.8. The molecule has 0 heterocycles. The third-order valence-electron chi connectivity index (χ3n) is 3.97. The van der Waals surface area contributed by atoms with Gasteiger partial charge in [0, 0.05) is 5.02 Å². The Morgan fingerprint density at radius 3 is 2.03 bits per heavy atom. The fraction of sp³-hybridized carbons (Fsp3) is 0.550. The first kappa shape index (κ1) is 25.9. The van der Waals surface area contributed by atoms with Crippen LogP contribution in [0.4, 0.5) is 0 Å². The smallest absolute Gasteiger partial charge is 0.324 e. The van der Waals surface area contributed by atoms with Crippen LogP contribution in [0.2, 0.25) is 5.02 Å². The molecule has 0 N–H and O–H groups in total. The summed E-state index contributed by atoms with van der Waals surface area (Å²) in [5.41, 5.74) is 0. The van der Waals surface area contributed by atoms with Crippen molar-refractivity contribution in [2.24, 2.45) is 5.92 Å². The molecule has 0 amide bonds. The van der Waals surface area contributed by atoms with Gasteiger partial charge in [0.1, 0.15) is 0 Å². The minimum absolute atomic E-state index is 0.0310. The van der Waals surface area contributed by atoms with Crippen LogP contribution < -0.4 is 0 Å². The SMILES string of the molecule is CCOC(=O)CC(CC(C(=O)OC(C)C)S(=O)(=O)c1ccc(Cl)cc1)C(=O)OCC. The predicted octanol–water partition coefficient (Wildman–Crippen LogP) is 2.96. The van der Waals surface area contributed by atoms with Crippen LogP contribution in [-0.4, -0.2) is 50.9 Å². The molecule has 8 nitrogen and oxygen atoms in total. The largest absolute Gasteiger partial charge is 0.466 e. The van der Waals surface area contributed by atoms with Crippen LogP contribution >= 0.6 is 11.6 Å². The molecule has 0 aliphatic carbocycles. The van der Waals surface area contributed by atoms with Crippen molar-refractivity contribution in [1.82, 2.24) is 0 Å². The highest BCUT2D eigenvalue weighted by Gasteiger charge is 2.40. The molecule has 0 saturated carbocycles. The molecule has 168 valence electrons. The van der Waals surface area contributed by atoms with E-state index in [0.717, 1.165) is 0 Å². The van der Waals surface area contributed by atoms with Crippen LogP contribution in [0.25, 0.3) is 0 Å². The number of halogens is 1. The number of ether oxygens (including phenoxy) is 3. The number of carbonyl (C=O) groups excluding carboxylic acids is 3. The maximum Gasteiger partial charge on any atom is 0.324 e. The van der Waals surface area contributed by atoms with Gasteiger partial charge in [-0.15, -0.1) is 0 Å². The molecule has 0 fully saturated rings. The molecule has 2 atom stereocenters. The molecule has 0 bridgehead atoms. The van der Waals surface area contributed by atoms with E-state index in [0.29, 0.717) is 5.02 Å². The molecule has 0 spiro atoms. The summed E-state index contributed by atoms with van der Waals surface area (Å²) in [5, 5.41) is -1.40. The third-order valence-corrected chi connectivity index (χ3v) is 6.28. The van der Waals surface area contributed by atoms with Gasteiger partial charge in [0.15, 0.2) is 15.1 Å². The highest BCUT2D eigenvalue weighted by molar-refractivity contribution is 7.92. The van der Waals surface area contributed by atoms with E-state index in [1.807, 2.05) is 0 Å². The first-order valence-electron chi connectivity index (χ1n) is 9.55. The average Bonchev–Trinajstić information content (AvgIpc) is 2.64. The predicted molar refractivity (Wildman–Crippen MR) is 110 cm³/mol. The molecule has 10 heteroatoms. The number of benzene rings is 1. The lowest BCUT2D eigenvalue weighted by Gasteiger charge is -2.22. The second-order valence-electron chi connectivity index (χ2n) is 6.67. The van der Waals surface area contributed by atoms with Gasteiger partial charge in [-0.3, -0.25) is 14.4 Å². The van der Waals surface area contributed by atoms with Crippen molar-refractivity contribution in [2.75, 3.05) is 13.2 Å². The summed E-state index contributed by atoms with van der Waals surface area (Å²) >= 11 is 5.82. The van der Waals surface area contributed by atoms with Gasteiger partial charge in [-0.1, -0.05) is 11.6 Å². The van der Waals surface area contributed by atoms with Crippen molar-refractivity contribution in [3.05, 3.63) is 29.3 Å². The van der Waals surface area contributed by atoms with E-state index >= 15 is 0 Å². The highest BCUT2D eigenvalue weighted by Crippen LogP contribution is 2.27. The Bertz CT molecular complexity index is 833. The zero-order valence-electron chi connectivity index (χ0n) is 17.4. The van der Waals surface area contributed by atoms with Crippen LogP contribution in [0, 0.1) is 5.92 Å². The van der Waals surface area contributed by atoms with Crippen molar-refractivity contribution in [2.45, 2.75) is 56.8 Å². The van der Waals surface area contributed by atoms with Crippen molar-refractivity contribution in [1.29, 1.82) is 0 Å². The second-order valence-corrected chi connectivity index (χ2v) is 9.23. The summed E-state index contributed by atoms with van der Waals surface area (Å²) in [6.07, 6.45) is -1.49. The molecule has 0 radical (unpaired) electrons. The van der Waals surface area contributed by atoms with Gasteiger partial charge < -0.3 is 14.2 Å². The van der Waals surface area contributed by atoms with Gasteiger partial charge in [0.2, 0.25) is 0 Å². The molecular weight excluding hydrogens is 436 g/mol. The number of rotatable bonds is 11. The number of carbonyl (C=O) groups is 3. The van der Waals surface area contributed by atoms with Crippen LogP contribution in [-0.2, 0) is 38.4 Å². The fourth-order valence-electron chi connectivity index (χ4n) is 2.65. The summed E-state index contributed by atoms with van der Waals surface area (Å²) in [7, 11) is -4.25. The summed E-state index contributed by atoms with van der Waals surface area (Å²) < 4.78 is 41.3. The molecule has 1 aromatic rings. The number of hydrogen-bond donors (Lipinski definition) is 0. The molecule has 2 unspecified atom stereocenters. The molecular formula is C20H27ClO8S. The fourth-order valence-corrected chi connectivity index (χ4v) is 4.41. The van der Waals surface area contributed by atoms with Gasteiger partial charge >= 0.3 is 17.9 Å². The van der Waals surface area contributed by atoms with E-state index in [9.17, 15) is 22.8 Å². The normalized spacial score (nSPS) is 13.4. The van der Waals surface area contributed by atoms with E-state index in [4.69, 9.17) is 25.8 Å². The molecule has 0 aliphatic heterocycles. The van der Waals surface area contributed by atoms with E-state index < -0.39 is 57.9 Å². The maximum absolute atomic E-state index is 13.2. The summed E-state index contributed by atoms with van der Waals surface area (Å²) in [5.74, 6) is -3.71. The van der Waals surface area contributed by atoms with Crippen LogP contribution in [0.1, 0.15) is 40.5 Å². The molecule has 0 aromatic heterocycles. The van der Waals surface area contributed by atoms with Crippen molar-refractivity contribution < 1.29 is 37.0 Å². The van der Waals surface area contributed by atoms with E-state index in [2.05, 4.69) is 0 Å². The first-order valence-corrected chi connectivity index (χ1v) is 11.5. The van der Waals surface area contributed by atoms with E-state index in [-0.39, 0.29) is 18.1 Å². The molecule has 30 heavy (non-hydrogen) atoms. The third kappa shape index (κ3) is 7.60. The molecule has 1 aromatic carbocycles. The zero-order valence-corrected chi connectivity index (χ0v) is 19.0. The van der Waals surface area contributed by atoms with E-state index in [1.54, 1.807) is 27.7 Å². The quantitative estimate of drug-likeness (QED) is 0.364.